The van der Waals surface area contributed by atoms with Gasteiger partial charge in [0, 0.05) is 5.69 Å². The quantitative estimate of drug-likeness (QED) is 0.793. The van der Waals surface area contributed by atoms with Crippen LogP contribution in [0.2, 0.25) is 0 Å². The van der Waals surface area contributed by atoms with Crippen LogP contribution in [0.4, 0.5) is 24.5 Å². The number of amides is 2. The Hall–Kier alpha value is -2.83. The minimum absolute atomic E-state index is 0.305. The maximum atomic E-state index is 13.6. The Labute approximate surface area is 148 Å². The van der Waals surface area contributed by atoms with E-state index in [4.69, 9.17) is 0 Å². The van der Waals surface area contributed by atoms with E-state index in [1.807, 2.05) is 19.1 Å². The molecule has 0 aromatic heterocycles. The van der Waals surface area contributed by atoms with Crippen molar-refractivity contribution in [3.05, 3.63) is 59.4 Å². The lowest BCUT2D eigenvalue weighted by Crippen LogP contribution is -2.21. The molecule has 4 nitrogen and oxygen atoms in total. The molecule has 2 aromatic carbocycles. The monoisotopic (exact) mass is 362 g/mol. The summed E-state index contributed by atoms with van der Waals surface area (Å²) in [5.74, 6) is -6.51. The lowest BCUT2D eigenvalue weighted by atomic mass is 10.1. The number of aryl methyl sites for hydroxylation is 1. The van der Waals surface area contributed by atoms with Crippen molar-refractivity contribution in [2.75, 3.05) is 10.6 Å². The molecule has 2 unspecified atom stereocenters. The Morgan fingerprint density at radius 2 is 1.54 bits per heavy atom. The summed E-state index contributed by atoms with van der Waals surface area (Å²) >= 11 is 0. The highest BCUT2D eigenvalue weighted by Crippen LogP contribution is 2.40. The van der Waals surface area contributed by atoms with Crippen molar-refractivity contribution in [2.24, 2.45) is 11.8 Å². The maximum absolute atomic E-state index is 13.6. The molecular weight excluding hydrogens is 345 g/mol. The van der Waals surface area contributed by atoms with Crippen molar-refractivity contribution in [1.29, 1.82) is 0 Å². The second-order valence-corrected chi connectivity index (χ2v) is 6.20. The van der Waals surface area contributed by atoms with Crippen molar-refractivity contribution in [3.63, 3.8) is 0 Å². The number of benzene rings is 2. The Morgan fingerprint density at radius 3 is 2.15 bits per heavy atom. The molecule has 0 spiro atoms. The average molecular weight is 362 g/mol. The van der Waals surface area contributed by atoms with E-state index in [2.05, 4.69) is 10.6 Å². The van der Waals surface area contributed by atoms with E-state index in [-0.39, 0.29) is 5.91 Å². The highest BCUT2D eigenvalue weighted by Gasteiger charge is 2.48. The van der Waals surface area contributed by atoms with Gasteiger partial charge in [-0.05, 0) is 42.7 Å². The number of anilines is 2. The molecule has 1 aliphatic carbocycles. The number of rotatable bonds is 5. The molecule has 0 bridgehead atoms. The van der Waals surface area contributed by atoms with Crippen molar-refractivity contribution in [3.8, 4) is 0 Å². The Kier molecular flexibility index (Phi) is 4.97. The third kappa shape index (κ3) is 3.71. The number of carbonyl (C=O) groups is 2. The molecule has 2 atom stereocenters. The van der Waals surface area contributed by atoms with Gasteiger partial charge >= 0.3 is 0 Å². The Bertz CT molecular complexity index is 853. The zero-order valence-corrected chi connectivity index (χ0v) is 14.0. The summed E-state index contributed by atoms with van der Waals surface area (Å²) < 4.78 is 39.7. The van der Waals surface area contributed by atoms with Gasteiger partial charge in [0.25, 0.3) is 0 Å². The summed E-state index contributed by atoms with van der Waals surface area (Å²) in [7, 11) is 0. The van der Waals surface area contributed by atoms with Crippen molar-refractivity contribution in [2.45, 2.75) is 19.8 Å². The zero-order valence-electron chi connectivity index (χ0n) is 14.0. The van der Waals surface area contributed by atoms with Crippen molar-refractivity contribution >= 4 is 23.2 Å². The van der Waals surface area contributed by atoms with Gasteiger partial charge in [-0.3, -0.25) is 9.59 Å². The van der Waals surface area contributed by atoms with Crippen LogP contribution >= 0.6 is 0 Å². The largest absolute Gasteiger partial charge is 0.326 e. The molecule has 0 heterocycles. The lowest BCUT2D eigenvalue weighted by Gasteiger charge is -2.08. The van der Waals surface area contributed by atoms with Gasteiger partial charge in [-0.25, -0.2) is 13.2 Å². The van der Waals surface area contributed by atoms with E-state index in [9.17, 15) is 22.8 Å². The normalized spacial score (nSPS) is 18.3. The van der Waals surface area contributed by atoms with Crippen LogP contribution < -0.4 is 10.6 Å². The summed E-state index contributed by atoms with van der Waals surface area (Å²) in [4.78, 5) is 24.3. The lowest BCUT2D eigenvalue weighted by molar-refractivity contribution is -0.122. The van der Waals surface area contributed by atoms with Crippen LogP contribution in [0.1, 0.15) is 18.9 Å². The van der Waals surface area contributed by atoms with Gasteiger partial charge in [0.2, 0.25) is 11.8 Å². The smallest absolute Gasteiger partial charge is 0.228 e. The van der Waals surface area contributed by atoms with Gasteiger partial charge in [-0.1, -0.05) is 19.1 Å². The third-order valence-corrected chi connectivity index (χ3v) is 4.39. The SMILES string of the molecule is CCc1ccc(NC(=O)C2CC2C(=O)Nc2ccc(F)c(F)c2F)cc1. The summed E-state index contributed by atoms with van der Waals surface area (Å²) in [6, 6.07) is 9.04. The predicted octanol–water partition coefficient (Wildman–Crippen LogP) is 3.88. The minimum Gasteiger partial charge on any atom is -0.326 e. The highest BCUT2D eigenvalue weighted by molar-refractivity contribution is 6.03. The van der Waals surface area contributed by atoms with Gasteiger partial charge in [0.15, 0.2) is 17.5 Å². The summed E-state index contributed by atoms with van der Waals surface area (Å²) in [6.45, 7) is 2.02. The predicted molar refractivity (Wildman–Crippen MR) is 91.0 cm³/mol. The second kappa shape index (κ2) is 7.19. The number of halogens is 3. The summed E-state index contributed by atoms with van der Waals surface area (Å²) in [5.41, 5.74) is 1.32. The Balaban J connectivity index is 1.58. The third-order valence-electron chi connectivity index (χ3n) is 4.39. The molecule has 1 fully saturated rings. The molecule has 0 aliphatic heterocycles. The van der Waals surface area contributed by atoms with Crippen LogP contribution in [0.5, 0.6) is 0 Å². The van der Waals surface area contributed by atoms with E-state index in [1.54, 1.807) is 12.1 Å². The molecule has 0 radical (unpaired) electrons. The molecule has 2 amide bonds. The molecule has 1 saturated carbocycles. The van der Waals surface area contributed by atoms with Crippen LogP contribution in [-0.2, 0) is 16.0 Å². The number of carbonyl (C=O) groups excluding carboxylic acids is 2. The van der Waals surface area contributed by atoms with Crippen molar-refractivity contribution < 1.29 is 22.8 Å². The average Bonchev–Trinajstić information content (AvgIpc) is 3.44. The summed E-state index contributed by atoms with van der Waals surface area (Å²) in [6.07, 6.45) is 1.20. The van der Waals surface area contributed by atoms with E-state index in [1.165, 1.54) is 0 Å². The fraction of sp³-hybridized carbons (Fsp3) is 0.263. The molecule has 1 aliphatic rings. The zero-order chi connectivity index (χ0) is 18.8. The first kappa shape index (κ1) is 18.0. The molecule has 3 rings (SSSR count). The van der Waals surface area contributed by atoms with Crippen LogP contribution in [0.15, 0.2) is 36.4 Å². The topological polar surface area (TPSA) is 58.2 Å². The van der Waals surface area contributed by atoms with Crippen LogP contribution in [0.3, 0.4) is 0 Å². The molecule has 7 heteroatoms. The first-order chi connectivity index (χ1) is 12.4. The van der Waals surface area contributed by atoms with Gasteiger partial charge in [0.05, 0.1) is 17.5 Å². The number of hydrogen-bond acceptors (Lipinski definition) is 2. The van der Waals surface area contributed by atoms with E-state index in [0.29, 0.717) is 12.1 Å². The fourth-order valence-electron chi connectivity index (χ4n) is 2.68. The Morgan fingerprint density at radius 1 is 0.923 bits per heavy atom. The van der Waals surface area contributed by atoms with E-state index >= 15 is 0 Å². The molecular formula is C19H17F3N2O2. The maximum Gasteiger partial charge on any atom is 0.228 e. The fourth-order valence-corrected chi connectivity index (χ4v) is 2.68. The van der Waals surface area contributed by atoms with Gasteiger partial charge < -0.3 is 10.6 Å². The minimum atomic E-state index is -1.65. The van der Waals surface area contributed by atoms with Crippen LogP contribution in [0, 0.1) is 29.3 Å². The number of nitrogens with one attached hydrogen (secondary N) is 2. The van der Waals surface area contributed by atoms with E-state index in [0.717, 1.165) is 24.1 Å². The first-order valence-electron chi connectivity index (χ1n) is 8.25. The van der Waals surface area contributed by atoms with Gasteiger partial charge in [0.1, 0.15) is 0 Å². The highest BCUT2D eigenvalue weighted by atomic mass is 19.2. The molecule has 2 aromatic rings. The molecule has 0 saturated heterocycles. The van der Waals surface area contributed by atoms with Crippen LogP contribution in [-0.4, -0.2) is 11.8 Å². The van der Waals surface area contributed by atoms with Crippen molar-refractivity contribution in [1.82, 2.24) is 0 Å². The first-order valence-corrected chi connectivity index (χ1v) is 8.25. The van der Waals surface area contributed by atoms with Crippen LogP contribution in [0.25, 0.3) is 0 Å². The molecule has 136 valence electrons. The summed E-state index contributed by atoms with van der Waals surface area (Å²) in [5, 5.41) is 4.93. The standard InChI is InChI=1S/C19H17F3N2O2/c1-2-10-3-5-11(6-4-10)23-18(25)12-9-13(12)19(26)24-15-8-7-14(20)16(21)17(15)22/h3-8,12-13H,2,9H2,1H3,(H,23,25)(H,24,26). The molecule has 26 heavy (non-hydrogen) atoms. The number of hydrogen-bond donors (Lipinski definition) is 2. The van der Waals surface area contributed by atoms with Gasteiger partial charge in [-0.2, -0.15) is 0 Å². The molecule has 2 N–H and O–H groups in total. The van der Waals surface area contributed by atoms with E-state index < -0.39 is 40.9 Å². The van der Waals surface area contributed by atoms with Gasteiger partial charge in [-0.15, -0.1) is 0 Å². The second-order valence-electron chi connectivity index (χ2n) is 6.20.